The van der Waals surface area contributed by atoms with Crippen molar-refractivity contribution in [3.8, 4) is 0 Å². The van der Waals surface area contributed by atoms with Gasteiger partial charge in [-0.05, 0) is 55.5 Å². The number of hydrogen-bond donors (Lipinski definition) is 1. The third kappa shape index (κ3) is 3.11. The average Bonchev–Trinajstić information content (AvgIpc) is 2.16. The monoisotopic (exact) mass is 195 g/mol. The summed E-state index contributed by atoms with van der Waals surface area (Å²) in [5, 5.41) is 0. The van der Waals surface area contributed by atoms with Crippen LogP contribution in [0.1, 0.15) is 24.5 Å². The highest BCUT2D eigenvalue weighted by Crippen LogP contribution is 2.14. The zero-order chi connectivity index (χ0) is 10.6. The first kappa shape index (κ1) is 11.2. The molecule has 1 nitrogen and oxygen atoms in total. The lowest BCUT2D eigenvalue weighted by atomic mass is 9.98. The topological polar surface area (TPSA) is 26.0 Å². The Bertz CT molecular complexity index is 296. The van der Waals surface area contributed by atoms with Crippen molar-refractivity contribution in [2.45, 2.75) is 26.7 Å². The van der Waals surface area contributed by atoms with Crippen LogP contribution in [-0.4, -0.2) is 6.54 Å². The van der Waals surface area contributed by atoms with Crippen molar-refractivity contribution < 1.29 is 4.39 Å². The predicted octanol–water partition coefficient (Wildman–Crippen LogP) is 2.66. The molecule has 0 saturated carbocycles. The molecule has 0 bridgehead atoms. The summed E-state index contributed by atoms with van der Waals surface area (Å²) in [6.07, 6.45) is 2.06. The number of benzene rings is 1. The number of nitrogens with two attached hydrogens (primary N) is 1. The van der Waals surface area contributed by atoms with Crippen molar-refractivity contribution >= 4 is 0 Å². The van der Waals surface area contributed by atoms with Gasteiger partial charge in [0.2, 0.25) is 0 Å². The van der Waals surface area contributed by atoms with Gasteiger partial charge in [-0.1, -0.05) is 13.0 Å². The van der Waals surface area contributed by atoms with Gasteiger partial charge in [0, 0.05) is 0 Å². The number of aryl methyl sites for hydroxylation is 2. The van der Waals surface area contributed by atoms with Gasteiger partial charge < -0.3 is 5.73 Å². The molecule has 1 atom stereocenters. The molecule has 78 valence electrons. The summed E-state index contributed by atoms with van der Waals surface area (Å²) in [4.78, 5) is 0. The van der Waals surface area contributed by atoms with Gasteiger partial charge >= 0.3 is 0 Å². The molecule has 0 radical (unpaired) electrons. The Morgan fingerprint density at radius 3 is 2.71 bits per heavy atom. The molecular weight excluding hydrogens is 177 g/mol. The molecule has 0 amide bonds. The quantitative estimate of drug-likeness (QED) is 0.785. The number of rotatable bonds is 4. The molecule has 0 aliphatic heterocycles. The van der Waals surface area contributed by atoms with Crippen LogP contribution in [0.5, 0.6) is 0 Å². The van der Waals surface area contributed by atoms with E-state index in [0.29, 0.717) is 5.92 Å². The fourth-order valence-corrected chi connectivity index (χ4v) is 1.46. The van der Waals surface area contributed by atoms with Crippen LogP contribution in [0.3, 0.4) is 0 Å². The molecule has 0 heterocycles. The molecule has 0 aromatic heterocycles. The van der Waals surface area contributed by atoms with Gasteiger partial charge in [-0.2, -0.15) is 0 Å². The lowest BCUT2D eigenvalue weighted by Gasteiger charge is -2.09. The maximum atomic E-state index is 12.8. The molecule has 0 fully saturated rings. The first-order chi connectivity index (χ1) is 6.63. The molecule has 2 N–H and O–H groups in total. The number of hydrogen-bond acceptors (Lipinski definition) is 1. The molecule has 14 heavy (non-hydrogen) atoms. The molecule has 0 spiro atoms. The van der Waals surface area contributed by atoms with Crippen LogP contribution in [-0.2, 0) is 6.42 Å². The fourth-order valence-electron chi connectivity index (χ4n) is 1.46. The summed E-state index contributed by atoms with van der Waals surface area (Å²) in [5.41, 5.74) is 7.80. The third-order valence-corrected chi connectivity index (χ3v) is 2.61. The Morgan fingerprint density at radius 2 is 2.14 bits per heavy atom. The summed E-state index contributed by atoms with van der Waals surface area (Å²) in [5.74, 6) is 0.387. The maximum Gasteiger partial charge on any atom is 0.123 e. The van der Waals surface area contributed by atoms with Gasteiger partial charge in [0.15, 0.2) is 0 Å². The second-order valence-corrected chi connectivity index (χ2v) is 3.95. The first-order valence-corrected chi connectivity index (χ1v) is 5.08. The largest absolute Gasteiger partial charge is 0.330 e. The lowest BCUT2D eigenvalue weighted by molar-refractivity contribution is 0.543. The summed E-state index contributed by atoms with van der Waals surface area (Å²) in [6, 6.07) is 4.98. The highest BCUT2D eigenvalue weighted by atomic mass is 19.1. The minimum Gasteiger partial charge on any atom is -0.330 e. The van der Waals surface area contributed by atoms with E-state index >= 15 is 0 Å². The van der Waals surface area contributed by atoms with Crippen LogP contribution in [0, 0.1) is 18.7 Å². The Kier molecular flexibility index (Phi) is 4.08. The minimum absolute atomic E-state index is 0.155. The van der Waals surface area contributed by atoms with Crippen molar-refractivity contribution in [1.29, 1.82) is 0 Å². The van der Waals surface area contributed by atoms with Crippen LogP contribution in [0.25, 0.3) is 0 Å². The Labute approximate surface area is 85.1 Å². The van der Waals surface area contributed by atoms with Crippen molar-refractivity contribution in [2.24, 2.45) is 11.7 Å². The minimum atomic E-state index is -0.155. The first-order valence-electron chi connectivity index (χ1n) is 5.08. The zero-order valence-corrected chi connectivity index (χ0v) is 8.89. The van der Waals surface area contributed by atoms with Crippen LogP contribution in [0.2, 0.25) is 0 Å². The van der Waals surface area contributed by atoms with Gasteiger partial charge in [0.1, 0.15) is 5.82 Å². The molecule has 1 unspecified atom stereocenters. The van der Waals surface area contributed by atoms with Crippen LogP contribution in [0.4, 0.5) is 4.39 Å². The van der Waals surface area contributed by atoms with E-state index in [-0.39, 0.29) is 5.82 Å². The molecular formula is C12H18FN. The molecule has 0 saturated heterocycles. The summed E-state index contributed by atoms with van der Waals surface area (Å²) in [7, 11) is 0. The molecule has 1 aromatic carbocycles. The van der Waals surface area contributed by atoms with E-state index in [1.165, 1.54) is 11.6 Å². The van der Waals surface area contributed by atoms with Crippen LogP contribution in [0.15, 0.2) is 18.2 Å². The lowest BCUT2D eigenvalue weighted by Crippen LogP contribution is -2.11. The smallest absolute Gasteiger partial charge is 0.123 e. The van der Waals surface area contributed by atoms with Gasteiger partial charge in [0.05, 0.1) is 0 Å². The van der Waals surface area contributed by atoms with E-state index in [9.17, 15) is 4.39 Å². The highest BCUT2D eigenvalue weighted by Gasteiger charge is 2.03. The van der Waals surface area contributed by atoms with Crippen molar-refractivity contribution in [2.75, 3.05) is 6.54 Å². The molecule has 1 aromatic rings. The van der Waals surface area contributed by atoms with Crippen LogP contribution < -0.4 is 5.73 Å². The third-order valence-electron chi connectivity index (χ3n) is 2.61. The van der Waals surface area contributed by atoms with E-state index < -0.39 is 0 Å². The van der Waals surface area contributed by atoms with E-state index in [2.05, 4.69) is 6.92 Å². The van der Waals surface area contributed by atoms with E-state index in [1.807, 2.05) is 13.0 Å². The van der Waals surface area contributed by atoms with Gasteiger partial charge in [-0.3, -0.25) is 0 Å². The standard InChI is InChI=1S/C12H18FN/c1-9(8-14)3-4-11-5-6-12(13)7-10(11)2/h5-7,9H,3-4,8,14H2,1-2H3. The molecule has 2 heteroatoms. The molecule has 0 aliphatic rings. The van der Waals surface area contributed by atoms with Gasteiger partial charge in [0.25, 0.3) is 0 Å². The van der Waals surface area contributed by atoms with Gasteiger partial charge in [-0.25, -0.2) is 4.39 Å². The zero-order valence-electron chi connectivity index (χ0n) is 8.89. The molecule has 1 rings (SSSR count). The van der Waals surface area contributed by atoms with Crippen molar-refractivity contribution in [1.82, 2.24) is 0 Å². The van der Waals surface area contributed by atoms with E-state index in [0.717, 1.165) is 24.9 Å². The Balaban J connectivity index is 2.59. The number of halogens is 1. The summed E-state index contributed by atoms with van der Waals surface area (Å²) < 4.78 is 12.8. The Morgan fingerprint density at radius 1 is 1.43 bits per heavy atom. The van der Waals surface area contributed by atoms with Gasteiger partial charge in [-0.15, -0.1) is 0 Å². The fraction of sp³-hybridized carbons (Fsp3) is 0.500. The summed E-state index contributed by atoms with van der Waals surface area (Å²) >= 11 is 0. The highest BCUT2D eigenvalue weighted by molar-refractivity contribution is 5.26. The maximum absolute atomic E-state index is 12.8. The van der Waals surface area contributed by atoms with Crippen molar-refractivity contribution in [3.05, 3.63) is 35.1 Å². The normalized spacial score (nSPS) is 12.9. The predicted molar refractivity (Wildman–Crippen MR) is 57.7 cm³/mol. The average molecular weight is 195 g/mol. The van der Waals surface area contributed by atoms with E-state index in [4.69, 9.17) is 5.73 Å². The van der Waals surface area contributed by atoms with Crippen LogP contribution >= 0.6 is 0 Å². The second-order valence-electron chi connectivity index (χ2n) is 3.95. The van der Waals surface area contributed by atoms with Crippen molar-refractivity contribution in [3.63, 3.8) is 0 Å². The molecule has 0 aliphatic carbocycles. The SMILES string of the molecule is Cc1cc(F)ccc1CCC(C)CN. The summed E-state index contributed by atoms with van der Waals surface area (Å²) in [6.45, 7) is 4.81. The van der Waals surface area contributed by atoms with E-state index in [1.54, 1.807) is 6.07 Å². The Hall–Kier alpha value is -0.890. The second kappa shape index (κ2) is 5.11.